The minimum absolute atomic E-state index is 0.0703. The van der Waals surface area contributed by atoms with Crippen LogP contribution in [-0.4, -0.2) is 32.2 Å². The molecular weight excluding hydrogens is 192 g/mol. The first kappa shape index (κ1) is 11.8. The molecule has 0 fully saturated rings. The molecule has 9 heteroatoms. The summed E-state index contributed by atoms with van der Waals surface area (Å²) in [6, 6.07) is 0. The van der Waals surface area contributed by atoms with Crippen LogP contribution < -0.4 is 22.4 Å². The third-order valence-electron chi connectivity index (χ3n) is 0.960. The van der Waals surface area contributed by atoms with Gasteiger partial charge in [0.15, 0.2) is 0 Å². The maximum atomic E-state index is 10.7. The number of nitrogens with one attached hydrogen (secondary N) is 2. The number of aliphatic imine (C=N–C) groups is 2. The first-order valence-electron chi connectivity index (χ1n) is 3.44. The highest BCUT2D eigenvalue weighted by Crippen LogP contribution is 1.77. The van der Waals surface area contributed by atoms with Crippen molar-refractivity contribution in [2.75, 3.05) is 14.1 Å². The minimum atomic E-state index is -1.08. The largest absolute Gasteiger partial charge is 0.558 e. The van der Waals surface area contributed by atoms with Crippen molar-refractivity contribution in [2.24, 2.45) is 21.5 Å². The van der Waals surface area contributed by atoms with Gasteiger partial charge in [-0.2, -0.15) is 15.8 Å². The van der Waals surface area contributed by atoms with Crippen molar-refractivity contribution in [1.29, 1.82) is 0 Å². The van der Waals surface area contributed by atoms with Crippen molar-refractivity contribution >= 4 is 18.1 Å². The van der Waals surface area contributed by atoms with Gasteiger partial charge < -0.3 is 21.1 Å². The van der Waals surface area contributed by atoms with E-state index in [2.05, 4.69) is 19.7 Å². The summed E-state index contributed by atoms with van der Waals surface area (Å²) in [5, 5.41) is 0. The van der Waals surface area contributed by atoms with Crippen molar-refractivity contribution < 1.29 is 14.5 Å². The Bertz CT molecular complexity index is 226. The molecule has 0 aromatic rings. The summed E-state index contributed by atoms with van der Waals surface area (Å²) in [5.74, 6) is -0.141. The lowest BCUT2D eigenvalue weighted by Crippen LogP contribution is -2.38. The number of guanidine groups is 2. The van der Waals surface area contributed by atoms with Crippen LogP contribution in [0, 0.1) is 0 Å². The molecule has 0 unspecified atom stereocenters. The smallest absolute Gasteiger partial charge is 0.368 e. The summed E-state index contributed by atoms with van der Waals surface area (Å²) in [7, 11) is 2.83. The van der Waals surface area contributed by atoms with Crippen molar-refractivity contribution in [3.63, 3.8) is 0 Å². The standard InChI is InChI=1S/C5H12N6O3/c1-8-3(6)10-13-5(12)14-11-4(7)9-2/h1-2H3,(H3,6,8,10)(H3,7,9,11). The molecule has 0 atom stereocenters. The zero-order valence-corrected chi connectivity index (χ0v) is 7.77. The second-order valence-electron chi connectivity index (χ2n) is 1.88. The number of nitrogens with two attached hydrogens (primary N) is 2. The van der Waals surface area contributed by atoms with Crippen LogP contribution in [0.4, 0.5) is 4.79 Å². The number of nitrogens with zero attached hydrogens (tertiary/aromatic N) is 2. The fourth-order valence-electron chi connectivity index (χ4n) is 0.300. The Kier molecular flexibility index (Phi) is 5.35. The number of rotatable bonds is 0. The molecule has 6 N–H and O–H groups in total. The van der Waals surface area contributed by atoms with Crippen LogP contribution in [-0.2, 0) is 9.68 Å². The number of hydrogen-bond acceptors (Lipinski definition) is 5. The fourth-order valence-corrected chi connectivity index (χ4v) is 0.300. The molecule has 0 aromatic carbocycles. The molecule has 0 amide bonds. The van der Waals surface area contributed by atoms with Crippen LogP contribution in [0.2, 0.25) is 0 Å². The summed E-state index contributed by atoms with van der Waals surface area (Å²) in [5.41, 5.74) is 14.3. The van der Waals surface area contributed by atoms with Gasteiger partial charge in [0.25, 0.3) is 0 Å². The molecule has 0 saturated heterocycles. The predicted octanol–water partition coefficient (Wildman–Crippen LogP) is -1.96. The van der Waals surface area contributed by atoms with E-state index in [0.29, 0.717) is 0 Å². The molecule has 14 heavy (non-hydrogen) atoms. The molecule has 0 aliphatic carbocycles. The predicted molar refractivity (Wildman–Crippen MR) is 48.9 cm³/mol. The summed E-state index contributed by atoms with van der Waals surface area (Å²) in [6.07, 6.45) is -1.08. The average molecular weight is 204 g/mol. The van der Waals surface area contributed by atoms with E-state index in [9.17, 15) is 4.79 Å². The lowest BCUT2D eigenvalue weighted by molar-refractivity contribution is 0.0178. The van der Waals surface area contributed by atoms with E-state index in [0.717, 1.165) is 0 Å². The third kappa shape index (κ3) is 5.46. The van der Waals surface area contributed by atoms with E-state index in [1.807, 2.05) is 11.0 Å². The minimum Gasteiger partial charge on any atom is -0.368 e. The molecule has 0 rings (SSSR count). The van der Waals surface area contributed by atoms with E-state index in [4.69, 9.17) is 11.5 Å². The van der Waals surface area contributed by atoms with E-state index >= 15 is 0 Å². The van der Waals surface area contributed by atoms with E-state index in [1.165, 1.54) is 14.1 Å². The quantitative estimate of drug-likeness (QED) is 0.204. The van der Waals surface area contributed by atoms with Gasteiger partial charge in [0.05, 0.1) is 0 Å². The van der Waals surface area contributed by atoms with Gasteiger partial charge >= 0.3 is 6.16 Å². The lowest BCUT2D eigenvalue weighted by atomic mass is 11.0. The Morgan fingerprint density at radius 3 is 1.71 bits per heavy atom. The van der Waals surface area contributed by atoms with Crippen molar-refractivity contribution in [3.8, 4) is 0 Å². The van der Waals surface area contributed by atoms with Gasteiger partial charge in [0.2, 0.25) is 11.9 Å². The summed E-state index contributed by atoms with van der Waals surface area (Å²) < 4.78 is 0. The van der Waals surface area contributed by atoms with Crippen LogP contribution in [0.1, 0.15) is 0 Å². The number of hydrogen-bond donors (Lipinski definition) is 4. The normalized spacial score (nSPS) is 11.9. The first-order valence-corrected chi connectivity index (χ1v) is 3.44. The summed E-state index contributed by atoms with van der Waals surface area (Å²) in [6.45, 7) is 0. The van der Waals surface area contributed by atoms with Crippen LogP contribution in [0.15, 0.2) is 9.98 Å². The maximum Gasteiger partial charge on any atom is 0.558 e. The molecular formula is C5H12N6O3. The Morgan fingerprint density at radius 1 is 1.07 bits per heavy atom. The SMILES string of the molecule is CN=C(N)NOC(=O)ONC(N)=NC. The van der Waals surface area contributed by atoms with Gasteiger partial charge in [0.1, 0.15) is 0 Å². The molecule has 0 bridgehead atoms. The van der Waals surface area contributed by atoms with Crippen molar-refractivity contribution in [1.82, 2.24) is 11.0 Å². The molecule has 0 aliphatic rings. The Hall–Kier alpha value is -2.19. The molecule has 0 heterocycles. The second-order valence-corrected chi connectivity index (χ2v) is 1.88. The topological polar surface area (TPSA) is 136 Å². The highest BCUT2D eigenvalue weighted by atomic mass is 16.9. The second kappa shape index (κ2) is 6.34. The van der Waals surface area contributed by atoms with Crippen LogP contribution in [0.25, 0.3) is 0 Å². The monoisotopic (exact) mass is 204 g/mol. The molecule has 0 radical (unpaired) electrons. The Morgan fingerprint density at radius 2 is 1.43 bits per heavy atom. The highest BCUT2D eigenvalue weighted by Gasteiger charge is 2.05. The van der Waals surface area contributed by atoms with Gasteiger partial charge in [-0.15, -0.1) is 0 Å². The summed E-state index contributed by atoms with van der Waals surface area (Å²) >= 11 is 0. The zero-order valence-electron chi connectivity index (χ0n) is 7.77. The molecule has 0 spiro atoms. The van der Waals surface area contributed by atoms with Gasteiger partial charge in [-0.05, 0) is 0 Å². The van der Waals surface area contributed by atoms with Gasteiger partial charge in [0, 0.05) is 14.1 Å². The number of carbonyl (C=O) groups excluding carboxylic acids is 1. The van der Waals surface area contributed by atoms with Crippen LogP contribution in [0.5, 0.6) is 0 Å². The highest BCUT2D eigenvalue weighted by molar-refractivity contribution is 5.79. The van der Waals surface area contributed by atoms with E-state index < -0.39 is 6.16 Å². The van der Waals surface area contributed by atoms with Gasteiger partial charge in [-0.1, -0.05) is 0 Å². The molecule has 0 saturated carbocycles. The van der Waals surface area contributed by atoms with E-state index in [-0.39, 0.29) is 11.9 Å². The van der Waals surface area contributed by atoms with E-state index in [1.54, 1.807) is 0 Å². The third-order valence-corrected chi connectivity index (χ3v) is 0.960. The van der Waals surface area contributed by atoms with Gasteiger partial charge in [-0.25, -0.2) is 0 Å². The average Bonchev–Trinajstić information content (AvgIpc) is 2.22. The Labute approximate surface area is 80.1 Å². The van der Waals surface area contributed by atoms with Crippen molar-refractivity contribution in [2.45, 2.75) is 0 Å². The number of hydroxylamine groups is 2. The molecule has 9 nitrogen and oxygen atoms in total. The number of carbonyl (C=O) groups is 1. The lowest BCUT2D eigenvalue weighted by Gasteiger charge is -2.06. The van der Waals surface area contributed by atoms with Crippen LogP contribution in [0.3, 0.4) is 0 Å². The Balaban J connectivity index is 3.67. The summed E-state index contributed by atoms with van der Waals surface area (Å²) in [4.78, 5) is 26.1. The van der Waals surface area contributed by atoms with Gasteiger partial charge in [-0.3, -0.25) is 9.98 Å². The van der Waals surface area contributed by atoms with Crippen molar-refractivity contribution in [3.05, 3.63) is 0 Å². The molecule has 0 aliphatic heterocycles. The van der Waals surface area contributed by atoms with Crippen LogP contribution >= 0.6 is 0 Å². The maximum absolute atomic E-state index is 10.7. The fraction of sp³-hybridized carbons (Fsp3) is 0.400. The molecule has 0 aromatic heterocycles. The molecule has 80 valence electrons. The zero-order chi connectivity index (χ0) is 11.0. The first-order chi connectivity index (χ1) is 6.60.